The molecule has 0 spiro atoms. The Morgan fingerprint density at radius 2 is 1.57 bits per heavy atom. The molecule has 0 radical (unpaired) electrons. The molecule has 0 unspecified atom stereocenters. The number of ether oxygens (including phenoxy) is 2. The van der Waals surface area contributed by atoms with Crippen LogP contribution in [0.1, 0.15) is 38.8 Å². The summed E-state index contributed by atoms with van der Waals surface area (Å²) < 4.78 is 77.5. The third kappa shape index (κ3) is 6.79. The summed E-state index contributed by atoms with van der Waals surface area (Å²) in [7, 11) is -3.91. The number of halogens is 5. The summed E-state index contributed by atoms with van der Waals surface area (Å²) in [5.41, 5.74) is 0.465. The maximum absolute atomic E-state index is 13.1. The molecule has 0 aliphatic rings. The van der Waals surface area contributed by atoms with Gasteiger partial charge in [-0.3, -0.25) is 0 Å². The number of benzene rings is 3. The maximum atomic E-state index is 13.1. The van der Waals surface area contributed by atoms with Crippen LogP contribution in [0.5, 0.6) is 11.5 Å². The van der Waals surface area contributed by atoms with Crippen molar-refractivity contribution in [3.8, 4) is 11.5 Å². The predicted octanol–water partition coefficient (Wildman–Crippen LogP) is 9.32. The van der Waals surface area contributed by atoms with Crippen LogP contribution in [0.4, 0.5) is 24.5 Å². The van der Waals surface area contributed by atoms with E-state index in [0.29, 0.717) is 11.1 Å². The van der Waals surface area contributed by atoms with Crippen molar-refractivity contribution in [2.24, 2.45) is 0 Å². The van der Waals surface area contributed by atoms with Crippen LogP contribution in [0.3, 0.4) is 0 Å². The number of hydrogen-bond acceptors (Lipinski definition) is 5. The van der Waals surface area contributed by atoms with Crippen LogP contribution in [0.25, 0.3) is 10.1 Å². The summed E-state index contributed by atoms with van der Waals surface area (Å²) in [6.07, 6.45) is -4.15. The van der Waals surface area contributed by atoms with Crippen molar-refractivity contribution < 1.29 is 31.1 Å². The van der Waals surface area contributed by atoms with Gasteiger partial charge < -0.3 is 9.47 Å². The number of fused-ring (bicyclic) bond motifs is 1. The van der Waals surface area contributed by atoms with E-state index < -0.39 is 27.6 Å². The van der Waals surface area contributed by atoms with Gasteiger partial charge in [-0.05, 0) is 84.3 Å². The third-order valence-electron chi connectivity index (χ3n) is 6.12. The van der Waals surface area contributed by atoms with Crippen LogP contribution >= 0.6 is 34.5 Å². The minimum atomic E-state index is -4.90. The molecule has 4 aromatic rings. The van der Waals surface area contributed by atoms with Crippen molar-refractivity contribution in [2.45, 2.75) is 45.6 Å². The molecule has 0 atom stereocenters. The van der Waals surface area contributed by atoms with Gasteiger partial charge in [-0.15, -0.1) is 24.5 Å². The van der Waals surface area contributed by atoms with Crippen LogP contribution in [-0.2, 0) is 15.4 Å². The molecule has 1 aromatic heterocycles. The van der Waals surface area contributed by atoms with E-state index in [0.717, 1.165) is 20.6 Å². The quantitative estimate of drug-likeness (QED) is 0.194. The van der Waals surface area contributed by atoms with Crippen molar-refractivity contribution in [1.82, 2.24) is 0 Å². The monoisotopic (exact) mass is 631 g/mol. The van der Waals surface area contributed by atoms with Crippen molar-refractivity contribution in [1.29, 1.82) is 0 Å². The fraction of sp³-hybridized carbons (Fsp3) is 0.286. The van der Waals surface area contributed by atoms with E-state index in [1.165, 1.54) is 29.5 Å². The minimum absolute atomic E-state index is 0.190. The second kappa shape index (κ2) is 11.0. The Labute approximate surface area is 245 Å². The number of hydrogen-bond donors (Lipinski definition) is 0. The molecule has 3 aromatic carbocycles. The average molecular weight is 633 g/mol. The number of nitrogens with zero attached hydrogens (tertiary/aromatic N) is 1. The number of anilines is 2. The molecule has 214 valence electrons. The van der Waals surface area contributed by atoms with Crippen LogP contribution in [0.15, 0.2) is 60.0 Å². The Hall–Kier alpha value is -2.66. The Morgan fingerprint density at radius 1 is 0.925 bits per heavy atom. The summed E-state index contributed by atoms with van der Waals surface area (Å²) in [5.74, 6) is -0.250. The number of alkyl halides is 3. The number of sulfonamides is 1. The molecule has 0 fully saturated rings. The van der Waals surface area contributed by atoms with Crippen LogP contribution in [0, 0.1) is 0 Å². The largest absolute Gasteiger partial charge is 0.573 e. The molecule has 0 aliphatic carbocycles. The Balaban J connectivity index is 1.88. The van der Waals surface area contributed by atoms with E-state index in [4.69, 9.17) is 27.9 Å². The standard InChI is InChI=1S/C28H26Cl2F3NO4S2/c1-16(2)37-22-11-19(12-23(14-22)38-28(31,32)33)27(3,4)18-9-20(29)13-21(10-18)34(40(5,35)36)25-8-17-6-7-39-26(17)15-24(25)30/h6-16H,1-5H3. The zero-order valence-electron chi connectivity index (χ0n) is 22.1. The molecule has 1 heterocycles. The first-order valence-electron chi connectivity index (χ1n) is 12.0. The molecule has 0 bridgehead atoms. The van der Waals surface area contributed by atoms with Gasteiger partial charge in [0.25, 0.3) is 0 Å². The van der Waals surface area contributed by atoms with E-state index in [2.05, 4.69) is 4.74 Å². The van der Waals surface area contributed by atoms with Crippen molar-refractivity contribution >= 4 is 66.0 Å². The van der Waals surface area contributed by atoms with Gasteiger partial charge in [-0.2, -0.15) is 0 Å². The van der Waals surface area contributed by atoms with E-state index >= 15 is 0 Å². The third-order valence-corrected chi connectivity index (χ3v) is 8.59. The van der Waals surface area contributed by atoms with Crippen LogP contribution in [-0.4, -0.2) is 27.1 Å². The Morgan fingerprint density at radius 3 is 2.20 bits per heavy atom. The Kier molecular flexibility index (Phi) is 8.31. The van der Waals surface area contributed by atoms with Gasteiger partial charge in [0.1, 0.15) is 11.5 Å². The zero-order valence-corrected chi connectivity index (χ0v) is 25.3. The lowest BCUT2D eigenvalue weighted by Crippen LogP contribution is -2.26. The fourth-order valence-electron chi connectivity index (χ4n) is 4.32. The maximum Gasteiger partial charge on any atom is 0.573 e. The van der Waals surface area contributed by atoms with Gasteiger partial charge >= 0.3 is 6.36 Å². The smallest absolute Gasteiger partial charge is 0.491 e. The van der Waals surface area contributed by atoms with E-state index in [-0.39, 0.29) is 33.3 Å². The fourth-order valence-corrected chi connectivity index (χ4v) is 6.72. The summed E-state index contributed by atoms with van der Waals surface area (Å²) in [4.78, 5) is 0. The minimum Gasteiger partial charge on any atom is -0.491 e. The average Bonchev–Trinajstić information content (AvgIpc) is 3.23. The normalized spacial score (nSPS) is 12.7. The molecule has 12 heteroatoms. The van der Waals surface area contributed by atoms with Gasteiger partial charge in [0.05, 0.1) is 28.8 Å². The Bertz CT molecular complexity index is 1670. The molecule has 0 amide bonds. The van der Waals surface area contributed by atoms with Crippen molar-refractivity contribution in [3.05, 3.63) is 81.1 Å². The highest BCUT2D eigenvalue weighted by molar-refractivity contribution is 7.92. The van der Waals surface area contributed by atoms with Gasteiger partial charge in [0, 0.05) is 21.2 Å². The van der Waals surface area contributed by atoms with E-state index in [9.17, 15) is 21.6 Å². The second-order valence-electron chi connectivity index (χ2n) is 10.0. The molecule has 0 N–H and O–H groups in total. The topological polar surface area (TPSA) is 55.8 Å². The molecule has 0 aliphatic heterocycles. The van der Waals surface area contributed by atoms with Crippen LogP contribution < -0.4 is 13.8 Å². The zero-order chi connectivity index (χ0) is 29.6. The van der Waals surface area contributed by atoms with Gasteiger partial charge in [-0.1, -0.05) is 37.0 Å². The van der Waals surface area contributed by atoms with Crippen molar-refractivity contribution in [2.75, 3.05) is 10.6 Å². The highest BCUT2D eigenvalue weighted by Gasteiger charge is 2.33. The first-order valence-corrected chi connectivity index (χ1v) is 15.5. The number of rotatable bonds is 8. The lowest BCUT2D eigenvalue weighted by molar-refractivity contribution is -0.274. The molecule has 0 saturated heterocycles. The van der Waals surface area contributed by atoms with E-state index in [1.54, 1.807) is 58.0 Å². The van der Waals surface area contributed by atoms with Crippen molar-refractivity contribution in [3.63, 3.8) is 0 Å². The molecule has 0 saturated carbocycles. The first-order chi connectivity index (χ1) is 18.4. The summed E-state index contributed by atoms with van der Waals surface area (Å²) >= 11 is 14.5. The first kappa shape index (κ1) is 30.3. The molecular formula is C28H26Cl2F3NO4S2. The molecule has 4 rings (SSSR count). The van der Waals surface area contributed by atoms with Gasteiger partial charge in [-0.25, -0.2) is 12.7 Å². The highest BCUT2D eigenvalue weighted by Crippen LogP contribution is 2.43. The van der Waals surface area contributed by atoms with Gasteiger partial charge in [0.2, 0.25) is 10.0 Å². The molecule has 5 nitrogen and oxygen atoms in total. The van der Waals surface area contributed by atoms with E-state index in [1.807, 2.05) is 11.4 Å². The highest BCUT2D eigenvalue weighted by atomic mass is 35.5. The summed E-state index contributed by atoms with van der Waals surface area (Å²) in [6.45, 7) is 7.07. The van der Waals surface area contributed by atoms with Crippen LogP contribution in [0.2, 0.25) is 10.0 Å². The molecule has 40 heavy (non-hydrogen) atoms. The predicted molar refractivity (Wildman–Crippen MR) is 156 cm³/mol. The summed E-state index contributed by atoms with van der Waals surface area (Å²) in [5, 5.41) is 3.15. The number of thiophene rings is 1. The lowest BCUT2D eigenvalue weighted by atomic mass is 9.78. The van der Waals surface area contributed by atoms with Gasteiger partial charge in [0.15, 0.2) is 0 Å². The lowest BCUT2D eigenvalue weighted by Gasteiger charge is -2.30. The second-order valence-corrected chi connectivity index (χ2v) is 13.6. The molecular weight excluding hydrogens is 606 g/mol. The SMILES string of the molecule is CC(C)Oc1cc(OC(F)(F)F)cc(C(C)(C)c2cc(Cl)cc(N(c3cc4ccsc4cc3Cl)S(C)(=O)=O)c2)c1. The summed E-state index contributed by atoms with van der Waals surface area (Å²) in [6, 6.07) is 14.1.